The summed E-state index contributed by atoms with van der Waals surface area (Å²) in [5.41, 5.74) is 0.635. The van der Waals surface area contributed by atoms with Gasteiger partial charge in [-0.05, 0) is 49.3 Å². The van der Waals surface area contributed by atoms with Gasteiger partial charge in [-0.1, -0.05) is 11.6 Å². The number of hydrogen-bond acceptors (Lipinski definition) is 6. The maximum absolute atomic E-state index is 14.2. The molecule has 0 radical (unpaired) electrons. The standard InChI is InChI=1S/C16H19ClFN3OS2/c17-12-8-15(24-21-16-20-5-7-23-16)13(18)9-14(12)19-4-1-2-11-3-6-22-10-11/h5,7-9,11,19H,1-4,6,10H2,(H,20,21). The molecule has 2 heterocycles. The second-order valence-corrected chi connectivity index (χ2v) is 7.75. The Morgan fingerprint density at radius 2 is 2.38 bits per heavy atom. The first-order valence-electron chi connectivity index (χ1n) is 7.85. The van der Waals surface area contributed by atoms with Crippen molar-refractivity contribution in [2.75, 3.05) is 29.8 Å². The van der Waals surface area contributed by atoms with Gasteiger partial charge in [0.25, 0.3) is 0 Å². The fourth-order valence-corrected chi connectivity index (χ4v) is 4.11. The third-order valence-corrected chi connectivity index (χ3v) is 5.79. The predicted molar refractivity (Wildman–Crippen MR) is 99.7 cm³/mol. The van der Waals surface area contributed by atoms with Crippen LogP contribution >= 0.6 is 34.9 Å². The van der Waals surface area contributed by atoms with Crippen LogP contribution in [0.5, 0.6) is 0 Å². The second kappa shape index (κ2) is 8.89. The minimum atomic E-state index is -0.305. The highest BCUT2D eigenvalue weighted by atomic mass is 35.5. The lowest BCUT2D eigenvalue weighted by molar-refractivity contribution is 0.184. The van der Waals surface area contributed by atoms with Crippen molar-refractivity contribution in [2.45, 2.75) is 24.2 Å². The Kier molecular flexibility index (Phi) is 6.59. The molecular formula is C16H19ClFN3OS2. The van der Waals surface area contributed by atoms with Crippen LogP contribution in [0.1, 0.15) is 19.3 Å². The number of aromatic nitrogens is 1. The highest BCUT2D eigenvalue weighted by Gasteiger charge is 2.15. The lowest BCUT2D eigenvalue weighted by Crippen LogP contribution is -2.06. The average Bonchev–Trinajstić information content (AvgIpc) is 3.26. The van der Waals surface area contributed by atoms with Crippen LogP contribution in [0.4, 0.5) is 15.2 Å². The van der Waals surface area contributed by atoms with E-state index < -0.39 is 0 Å². The molecule has 1 aromatic carbocycles. The topological polar surface area (TPSA) is 46.2 Å². The van der Waals surface area contributed by atoms with Gasteiger partial charge in [-0.3, -0.25) is 0 Å². The molecule has 1 saturated heterocycles. The molecule has 24 heavy (non-hydrogen) atoms. The first kappa shape index (κ1) is 17.8. The van der Waals surface area contributed by atoms with Crippen molar-refractivity contribution in [3.05, 3.63) is 34.5 Å². The Morgan fingerprint density at radius 3 is 3.12 bits per heavy atom. The van der Waals surface area contributed by atoms with Gasteiger partial charge >= 0.3 is 0 Å². The highest BCUT2D eigenvalue weighted by Crippen LogP contribution is 2.32. The SMILES string of the molecule is Fc1cc(NCCCC2CCOC2)c(Cl)cc1SNc1nccs1. The van der Waals surface area contributed by atoms with Crippen molar-refractivity contribution in [1.82, 2.24) is 4.98 Å². The zero-order valence-electron chi connectivity index (χ0n) is 13.1. The van der Waals surface area contributed by atoms with Crippen molar-refractivity contribution in [2.24, 2.45) is 5.92 Å². The summed E-state index contributed by atoms with van der Waals surface area (Å²) in [6.07, 6.45) is 4.99. The van der Waals surface area contributed by atoms with Gasteiger partial charge in [0, 0.05) is 31.3 Å². The van der Waals surface area contributed by atoms with E-state index in [1.165, 1.54) is 29.4 Å². The minimum absolute atomic E-state index is 0.305. The van der Waals surface area contributed by atoms with E-state index in [1.807, 2.05) is 5.38 Å². The molecule has 0 bridgehead atoms. The molecule has 130 valence electrons. The Morgan fingerprint density at radius 1 is 1.46 bits per heavy atom. The van der Waals surface area contributed by atoms with Crippen molar-refractivity contribution >= 4 is 45.7 Å². The Balaban J connectivity index is 1.49. The van der Waals surface area contributed by atoms with Gasteiger partial charge < -0.3 is 14.8 Å². The molecule has 8 heteroatoms. The summed E-state index contributed by atoms with van der Waals surface area (Å²) in [7, 11) is 0. The van der Waals surface area contributed by atoms with Crippen molar-refractivity contribution in [3.63, 3.8) is 0 Å². The summed E-state index contributed by atoms with van der Waals surface area (Å²) in [5, 5.41) is 6.33. The van der Waals surface area contributed by atoms with Gasteiger partial charge in [0.05, 0.1) is 15.6 Å². The predicted octanol–water partition coefficient (Wildman–Crippen LogP) is 5.28. The smallest absolute Gasteiger partial charge is 0.192 e. The number of rotatable bonds is 8. The molecule has 0 spiro atoms. The second-order valence-electron chi connectivity index (χ2n) is 5.60. The molecule has 1 aliphatic rings. The van der Waals surface area contributed by atoms with Gasteiger partial charge in [0.15, 0.2) is 5.13 Å². The van der Waals surface area contributed by atoms with E-state index in [0.29, 0.717) is 21.5 Å². The number of nitrogens with one attached hydrogen (secondary N) is 2. The summed E-state index contributed by atoms with van der Waals surface area (Å²) in [4.78, 5) is 4.54. The number of halogens is 2. The van der Waals surface area contributed by atoms with Crippen LogP contribution in [0, 0.1) is 11.7 Å². The van der Waals surface area contributed by atoms with E-state index in [1.54, 1.807) is 12.3 Å². The molecule has 2 aromatic rings. The van der Waals surface area contributed by atoms with Crippen LogP contribution in [-0.2, 0) is 4.74 Å². The van der Waals surface area contributed by atoms with E-state index in [2.05, 4.69) is 15.0 Å². The van der Waals surface area contributed by atoms with Crippen LogP contribution in [0.2, 0.25) is 5.02 Å². The third kappa shape index (κ3) is 4.99. The zero-order chi connectivity index (χ0) is 16.8. The molecule has 1 aliphatic heterocycles. The number of hydrogen-bond donors (Lipinski definition) is 2. The Hall–Kier alpha value is -1.02. The van der Waals surface area contributed by atoms with E-state index >= 15 is 0 Å². The fourth-order valence-electron chi connectivity index (χ4n) is 2.54. The summed E-state index contributed by atoms with van der Waals surface area (Å²) < 4.78 is 22.6. The molecule has 1 atom stereocenters. The summed E-state index contributed by atoms with van der Waals surface area (Å²) in [5.74, 6) is 0.356. The maximum Gasteiger partial charge on any atom is 0.192 e. The van der Waals surface area contributed by atoms with Gasteiger partial charge in [-0.2, -0.15) is 0 Å². The molecule has 1 aromatic heterocycles. The minimum Gasteiger partial charge on any atom is -0.384 e. The average molecular weight is 388 g/mol. The first-order chi connectivity index (χ1) is 11.7. The van der Waals surface area contributed by atoms with Crippen molar-refractivity contribution < 1.29 is 9.13 Å². The van der Waals surface area contributed by atoms with Crippen LogP contribution in [0.25, 0.3) is 0 Å². The van der Waals surface area contributed by atoms with Crippen molar-refractivity contribution in [3.8, 4) is 0 Å². The molecule has 0 amide bonds. The van der Waals surface area contributed by atoms with Crippen molar-refractivity contribution in [1.29, 1.82) is 0 Å². The summed E-state index contributed by atoms with van der Waals surface area (Å²) in [6.45, 7) is 2.52. The summed E-state index contributed by atoms with van der Waals surface area (Å²) >= 11 is 8.89. The highest BCUT2D eigenvalue weighted by molar-refractivity contribution is 8.00. The van der Waals surface area contributed by atoms with Gasteiger partial charge in [-0.25, -0.2) is 9.37 Å². The number of anilines is 2. The van der Waals surface area contributed by atoms with Crippen LogP contribution in [-0.4, -0.2) is 24.7 Å². The van der Waals surface area contributed by atoms with Gasteiger partial charge in [-0.15, -0.1) is 11.3 Å². The normalized spacial score (nSPS) is 17.2. The lowest BCUT2D eigenvalue weighted by Gasteiger charge is -2.12. The Labute approximate surface area is 154 Å². The fraction of sp³-hybridized carbons (Fsp3) is 0.438. The lowest BCUT2D eigenvalue weighted by atomic mass is 10.0. The van der Waals surface area contributed by atoms with Crippen LogP contribution in [0.3, 0.4) is 0 Å². The number of benzene rings is 1. The molecule has 0 saturated carbocycles. The third-order valence-electron chi connectivity index (χ3n) is 3.83. The largest absolute Gasteiger partial charge is 0.384 e. The van der Waals surface area contributed by atoms with E-state index in [-0.39, 0.29) is 5.82 Å². The number of ether oxygens (including phenoxy) is 1. The zero-order valence-corrected chi connectivity index (χ0v) is 15.4. The van der Waals surface area contributed by atoms with Crippen LogP contribution < -0.4 is 10.0 Å². The molecule has 0 aliphatic carbocycles. The van der Waals surface area contributed by atoms with Gasteiger partial charge in [0.1, 0.15) is 5.82 Å². The van der Waals surface area contributed by atoms with Crippen LogP contribution in [0.15, 0.2) is 28.6 Å². The van der Waals surface area contributed by atoms with E-state index in [9.17, 15) is 4.39 Å². The molecule has 1 unspecified atom stereocenters. The molecule has 4 nitrogen and oxygen atoms in total. The first-order valence-corrected chi connectivity index (χ1v) is 9.93. The molecular weight excluding hydrogens is 369 g/mol. The summed E-state index contributed by atoms with van der Waals surface area (Å²) in [6, 6.07) is 3.09. The molecule has 3 rings (SSSR count). The van der Waals surface area contributed by atoms with E-state index in [0.717, 1.165) is 44.2 Å². The Bertz CT molecular complexity index is 651. The molecule has 1 fully saturated rings. The number of nitrogens with zero attached hydrogens (tertiary/aromatic N) is 1. The number of thiazole rings is 1. The van der Waals surface area contributed by atoms with E-state index in [4.69, 9.17) is 16.3 Å². The quantitative estimate of drug-likeness (QED) is 0.476. The van der Waals surface area contributed by atoms with Gasteiger partial charge in [0.2, 0.25) is 0 Å². The molecule has 2 N–H and O–H groups in total. The maximum atomic E-state index is 14.2. The monoisotopic (exact) mass is 387 g/mol.